The standard InChI is InChI=1S/C13H14F2N2O/c1-13(2,3)17-5-4-11(16-17)9-6-8(14)7-10(15)12(9)18/h4-7,18H,1-3H3. The Kier molecular flexibility index (Phi) is 2.84. The zero-order chi connectivity index (χ0) is 13.5. The van der Waals surface area contributed by atoms with Gasteiger partial charge in [0.2, 0.25) is 0 Å². The first kappa shape index (κ1) is 12.5. The molecule has 96 valence electrons. The summed E-state index contributed by atoms with van der Waals surface area (Å²) in [7, 11) is 0. The second-order valence-corrected chi connectivity index (χ2v) is 5.10. The largest absolute Gasteiger partial charge is 0.504 e. The Balaban J connectivity index is 2.53. The molecule has 0 aliphatic heterocycles. The van der Waals surface area contributed by atoms with E-state index in [0.29, 0.717) is 11.8 Å². The van der Waals surface area contributed by atoms with E-state index < -0.39 is 17.4 Å². The third-order valence-electron chi connectivity index (χ3n) is 2.58. The van der Waals surface area contributed by atoms with E-state index in [9.17, 15) is 13.9 Å². The number of hydrogen-bond acceptors (Lipinski definition) is 2. The number of phenolic OH excluding ortho intramolecular Hbond substituents is 1. The topological polar surface area (TPSA) is 38.0 Å². The van der Waals surface area contributed by atoms with Crippen molar-refractivity contribution >= 4 is 0 Å². The van der Waals surface area contributed by atoms with Gasteiger partial charge >= 0.3 is 0 Å². The predicted octanol–water partition coefficient (Wildman–Crippen LogP) is 3.29. The number of benzene rings is 1. The fraction of sp³-hybridized carbons (Fsp3) is 0.308. The number of rotatable bonds is 1. The van der Waals surface area contributed by atoms with Crippen molar-refractivity contribution < 1.29 is 13.9 Å². The minimum Gasteiger partial charge on any atom is -0.504 e. The average molecular weight is 252 g/mol. The summed E-state index contributed by atoms with van der Waals surface area (Å²) >= 11 is 0. The Morgan fingerprint density at radius 1 is 1.22 bits per heavy atom. The van der Waals surface area contributed by atoms with Crippen LogP contribution in [0.15, 0.2) is 24.4 Å². The summed E-state index contributed by atoms with van der Waals surface area (Å²) in [5.74, 6) is -2.32. The monoisotopic (exact) mass is 252 g/mol. The lowest BCUT2D eigenvalue weighted by molar-refractivity contribution is 0.356. The van der Waals surface area contributed by atoms with Gasteiger partial charge < -0.3 is 5.11 Å². The number of aromatic nitrogens is 2. The van der Waals surface area contributed by atoms with E-state index in [-0.39, 0.29) is 11.1 Å². The van der Waals surface area contributed by atoms with Crippen molar-refractivity contribution in [2.24, 2.45) is 0 Å². The van der Waals surface area contributed by atoms with Crippen LogP contribution in [0.5, 0.6) is 5.75 Å². The Hall–Kier alpha value is -1.91. The molecule has 1 heterocycles. The zero-order valence-corrected chi connectivity index (χ0v) is 10.4. The van der Waals surface area contributed by atoms with Crippen LogP contribution >= 0.6 is 0 Å². The highest BCUT2D eigenvalue weighted by Crippen LogP contribution is 2.31. The molecule has 0 radical (unpaired) electrons. The Morgan fingerprint density at radius 3 is 2.44 bits per heavy atom. The van der Waals surface area contributed by atoms with Gasteiger partial charge in [0.15, 0.2) is 11.6 Å². The van der Waals surface area contributed by atoms with Gasteiger partial charge in [-0.05, 0) is 32.9 Å². The molecule has 0 aliphatic carbocycles. The van der Waals surface area contributed by atoms with Crippen LogP contribution in [0.4, 0.5) is 8.78 Å². The maximum absolute atomic E-state index is 13.2. The summed E-state index contributed by atoms with van der Waals surface area (Å²) in [5, 5.41) is 13.8. The highest BCUT2D eigenvalue weighted by Gasteiger charge is 2.18. The Morgan fingerprint density at radius 2 is 1.89 bits per heavy atom. The van der Waals surface area contributed by atoms with Gasteiger partial charge in [-0.1, -0.05) is 0 Å². The molecule has 18 heavy (non-hydrogen) atoms. The first-order valence-electron chi connectivity index (χ1n) is 5.53. The van der Waals surface area contributed by atoms with Gasteiger partial charge in [0.25, 0.3) is 0 Å². The summed E-state index contributed by atoms with van der Waals surface area (Å²) in [6.45, 7) is 5.86. The summed E-state index contributed by atoms with van der Waals surface area (Å²) in [6, 6.07) is 3.31. The minimum absolute atomic E-state index is 0.0514. The molecule has 0 unspecified atom stereocenters. The number of aromatic hydroxyl groups is 1. The average Bonchev–Trinajstić information content (AvgIpc) is 2.71. The van der Waals surface area contributed by atoms with Gasteiger partial charge in [-0.3, -0.25) is 4.68 Å². The van der Waals surface area contributed by atoms with Gasteiger partial charge in [0.1, 0.15) is 5.82 Å². The molecule has 0 saturated heterocycles. The molecule has 1 N–H and O–H groups in total. The first-order chi connectivity index (χ1) is 8.29. The fourth-order valence-corrected chi connectivity index (χ4v) is 1.60. The molecule has 5 heteroatoms. The fourth-order valence-electron chi connectivity index (χ4n) is 1.60. The molecule has 3 nitrogen and oxygen atoms in total. The van der Waals surface area contributed by atoms with Gasteiger partial charge in [-0.15, -0.1) is 0 Å². The number of phenols is 1. The highest BCUT2D eigenvalue weighted by atomic mass is 19.1. The number of halogens is 2. The van der Waals surface area contributed by atoms with Crippen LogP contribution < -0.4 is 0 Å². The van der Waals surface area contributed by atoms with Gasteiger partial charge in [0, 0.05) is 17.8 Å². The van der Waals surface area contributed by atoms with Crippen LogP contribution in [0.2, 0.25) is 0 Å². The zero-order valence-electron chi connectivity index (χ0n) is 10.4. The van der Waals surface area contributed by atoms with Crippen molar-refractivity contribution in [3.63, 3.8) is 0 Å². The molecular weight excluding hydrogens is 238 g/mol. The Labute approximate surface area is 104 Å². The number of nitrogens with zero attached hydrogens (tertiary/aromatic N) is 2. The van der Waals surface area contributed by atoms with Crippen molar-refractivity contribution in [3.05, 3.63) is 36.0 Å². The first-order valence-corrected chi connectivity index (χ1v) is 5.53. The van der Waals surface area contributed by atoms with E-state index in [1.165, 1.54) is 0 Å². The molecule has 2 rings (SSSR count). The lowest BCUT2D eigenvalue weighted by Gasteiger charge is -2.18. The SMILES string of the molecule is CC(C)(C)n1ccc(-c2cc(F)cc(F)c2O)n1. The van der Waals surface area contributed by atoms with E-state index in [1.54, 1.807) is 16.9 Å². The summed E-state index contributed by atoms with van der Waals surface area (Å²) in [5.41, 5.74) is 0.149. The molecule has 0 amide bonds. The molecule has 0 spiro atoms. The normalized spacial score (nSPS) is 11.8. The van der Waals surface area contributed by atoms with Crippen molar-refractivity contribution in [2.45, 2.75) is 26.3 Å². The molecule has 0 aliphatic rings. The summed E-state index contributed by atoms with van der Waals surface area (Å²) < 4.78 is 28.1. The van der Waals surface area contributed by atoms with E-state index in [0.717, 1.165) is 6.07 Å². The predicted molar refractivity (Wildman–Crippen MR) is 64.2 cm³/mol. The smallest absolute Gasteiger partial charge is 0.168 e. The van der Waals surface area contributed by atoms with Crippen LogP contribution in [-0.4, -0.2) is 14.9 Å². The van der Waals surface area contributed by atoms with E-state index in [1.807, 2.05) is 20.8 Å². The van der Waals surface area contributed by atoms with Crippen LogP contribution in [0.1, 0.15) is 20.8 Å². The highest BCUT2D eigenvalue weighted by molar-refractivity contribution is 5.66. The lowest BCUT2D eigenvalue weighted by atomic mass is 10.1. The van der Waals surface area contributed by atoms with E-state index in [4.69, 9.17) is 0 Å². The van der Waals surface area contributed by atoms with Crippen LogP contribution in [0.25, 0.3) is 11.3 Å². The van der Waals surface area contributed by atoms with Gasteiger partial charge in [0.05, 0.1) is 11.2 Å². The molecule has 1 aromatic carbocycles. The molecular formula is C13H14F2N2O. The van der Waals surface area contributed by atoms with Crippen LogP contribution in [0, 0.1) is 11.6 Å². The minimum atomic E-state index is -0.990. The van der Waals surface area contributed by atoms with Gasteiger partial charge in [-0.25, -0.2) is 8.78 Å². The molecule has 2 aromatic rings. The Bertz CT molecular complexity index is 585. The molecule has 0 atom stereocenters. The second-order valence-electron chi connectivity index (χ2n) is 5.10. The third kappa shape index (κ3) is 2.20. The van der Waals surface area contributed by atoms with Crippen LogP contribution in [0.3, 0.4) is 0 Å². The van der Waals surface area contributed by atoms with Crippen molar-refractivity contribution in [2.75, 3.05) is 0 Å². The lowest BCUT2D eigenvalue weighted by Crippen LogP contribution is -2.22. The third-order valence-corrected chi connectivity index (χ3v) is 2.58. The van der Waals surface area contributed by atoms with Crippen LogP contribution in [-0.2, 0) is 5.54 Å². The molecule has 1 aromatic heterocycles. The van der Waals surface area contributed by atoms with Crippen molar-refractivity contribution in [3.8, 4) is 17.0 Å². The van der Waals surface area contributed by atoms with Crippen molar-refractivity contribution in [1.29, 1.82) is 0 Å². The molecule has 0 saturated carbocycles. The maximum Gasteiger partial charge on any atom is 0.168 e. The summed E-state index contributed by atoms with van der Waals surface area (Å²) in [6.07, 6.45) is 1.71. The molecule has 0 bridgehead atoms. The number of hydrogen-bond donors (Lipinski definition) is 1. The second kappa shape index (κ2) is 4.08. The van der Waals surface area contributed by atoms with Crippen molar-refractivity contribution in [1.82, 2.24) is 9.78 Å². The summed E-state index contributed by atoms with van der Waals surface area (Å²) in [4.78, 5) is 0. The van der Waals surface area contributed by atoms with Gasteiger partial charge in [-0.2, -0.15) is 5.10 Å². The van der Waals surface area contributed by atoms with E-state index in [2.05, 4.69) is 5.10 Å². The van der Waals surface area contributed by atoms with E-state index >= 15 is 0 Å². The maximum atomic E-state index is 13.2. The molecule has 0 fully saturated rings. The quantitative estimate of drug-likeness (QED) is 0.845.